The fourth-order valence-electron chi connectivity index (χ4n) is 4.27. The van der Waals surface area contributed by atoms with Crippen molar-refractivity contribution in [1.82, 2.24) is 34.5 Å². The molecule has 10 nitrogen and oxygen atoms in total. The molecule has 1 saturated heterocycles. The molecule has 1 aliphatic heterocycles. The Labute approximate surface area is 201 Å². The van der Waals surface area contributed by atoms with Gasteiger partial charge in [0, 0.05) is 32.2 Å². The van der Waals surface area contributed by atoms with Gasteiger partial charge >= 0.3 is 0 Å². The molecule has 3 aromatic heterocycles. The van der Waals surface area contributed by atoms with E-state index in [1.165, 1.54) is 18.5 Å². The van der Waals surface area contributed by atoms with E-state index in [0.29, 0.717) is 27.7 Å². The first-order valence-electron chi connectivity index (χ1n) is 11.0. The van der Waals surface area contributed by atoms with Gasteiger partial charge in [-0.25, -0.2) is 26.8 Å². The molecule has 0 saturated carbocycles. The molecular weight excluding hydrogens is 484 g/mol. The Balaban J connectivity index is 1.51. The number of amides is 1. The minimum atomic E-state index is -3.17. The normalized spacial score (nSPS) is 17.8. The summed E-state index contributed by atoms with van der Waals surface area (Å²) in [5.41, 5.74) is 2.61. The average molecular weight is 506 g/mol. The Bertz CT molecular complexity index is 1460. The van der Waals surface area contributed by atoms with E-state index in [4.69, 9.17) is 4.74 Å². The Morgan fingerprint density at radius 2 is 2.08 bits per heavy atom. The Morgan fingerprint density at radius 1 is 1.31 bits per heavy atom. The summed E-state index contributed by atoms with van der Waals surface area (Å²) < 4.78 is 64.1. The average Bonchev–Trinajstić information content (AvgIpc) is 3.48. The molecular formula is C22H22F4N8O2. The van der Waals surface area contributed by atoms with Gasteiger partial charge in [0.1, 0.15) is 23.6 Å². The van der Waals surface area contributed by atoms with E-state index in [1.807, 2.05) is 0 Å². The molecule has 0 aliphatic carbocycles. The molecule has 0 radical (unpaired) electrons. The standard InChI is InChI=1S/C22H22F4N8O2/c1-12(35)32-9-17(22(25,26)11-32)27-20-28-19(36-3)18-14(6-7-33(18)30-20)13-4-5-15-16(8-13)34(31-29-15)10-21(2,23)24/h4-8,17H,9-11H2,1-3H3,(H,27,30)/t17-/m1/s1. The van der Waals surface area contributed by atoms with Crippen LogP contribution in [0.5, 0.6) is 5.88 Å². The van der Waals surface area contributed by atoms with Crippen molar-refractivity contribution in [2.24, 2.45) is 0 Å². The number of aromatic nitrogens is 6. The summed E-state index contributed by atoms with van der Waals surface area (Å²) in [5.74, 6) is -6.57. The van der Waals surface area contributed by atoms with Gasteiger partial charge in [0.2, 0.25) is 17.7 Å². The van der Waals surface area contributed by atoms with Gasteiger partial charge in [-0.2, -0.15) is 4.98 Å². The van der Waals surface area contributed by atoms with E-state index in [0.717, 1.165) is 16.5 Å². The highest BCUT2D eigenvalue weighted by Crippen LogP contribution is 2.34. The number of alkyl halides is 4. The second-order valence-corrected chi connectivity index (χ2v) is 8.85. The summed E-state index contributed by atoms with van der Waals surface area (Å²) in [6.07, 6.45) is 1.61. The maximum Gasteiger partial charge on any atom is 0.286 e. The van der Waals surface area contributed by atoms with Crippen LogP contribution in [0.3, 0.4) is 0 Å². The second kappa shape index (κ2) is 8.31. The van der Waals surface area contributed by atoms with Crippen LogP contribution in [0.4, 0.5) is 23.5 Å². The zero-order valence-corrected chi connectivity index (χ0v) is 19.5. The van der Waals surface area contributed by atoms with Crippen LogP contribution < -0.4 is 10.1 Å². The highest BCUT2D eigenvalue weighted by atomic mass is 19.3. The lowest BCUT2D eigenvalue weighted by Crippen LogP contribution is -2.38. The molecule has 36 heavy (non-hydrogen) atoms. The number of carbonyl (C=O) groups excluding carboxylic acids is 1. The summed E-state index contributed by atoms with van der Waals surface area (Å²) >= 11 is 0. The fraction of sp³-hybridized carbons (Fsp3) is 0.409. The van der Waals surface area contributed by atoms with Crippen LogP contribution in [-0.4, -0.2) is 78.5 Å². The van der Waals surface area contributed by atoms with Crippen molar-refractivity contribution in [3.8, 4) is 17.0 Å². The van der Waals surface area contributed by atoms with E-state index >= 15 is 0 Å². The molecule has 1 aliphatic rings. The minimum absolute atomic E-state index is 0.0977. The number of rotatable bonds is 6. The monoisotopic (exact) mass is 506 g/mol. The van der Waals surface area contributed by atoms with Gasteiger partial charge < -0.3 is 15.0 Å². The van der Waals surface area contributed by atoms with Crippen molar-refractivity contribution in [1.29, 1.82) is 0 Å². The molecule has 1 atom stereocenters. The van der Waals surface area contributed by atoms with Gasteiger partial charge in [-0.05, 0) is 23.8 Å². The van der Waals surface area contributed by atoms with Gasteiger partial charge in [0.25, 0.3) is 11.8 Å². The lowest BCUT2D eigenvalue weighted by Gasteiger charge is -2.19. The highest BCUT2D eigenvalue weighted by Gasteiger charge is 2.49. The molecule has 1 fully saturated rings. The Kier molecular flexibility index (Phi) is 5.48. The number of fused-ring (bicyclic) bond motifs is 2. The smallest absolute Gasteiger partial charge is 0.286 e. The van der Waals surface area contributed by atoms with Crippen LogP contribution in [0.1, 0.15) is 13.8 Å². The predicted molar refractivity (Wildman–Crippen MR) is 121 cm³/mol. The van der Waals surface area contributed by atoms with Gasteiger partial charge in [-0.1, -0.05) is 11.3 Å². The lowest BCUT2D eigenvalue weighted by atomic mass is 10.1. The highest BCUT2D eigenvalue weighted by molar-refractivity contribution is 5.89. The SMILES string of the molecule is COc1nc(N[C@@H]2CN(C(C)=O)CC2(F)F)nn2ccc(-c3ccc4nnn(CC(C)(F)F)c4c3)c12. The first-order valence-corrected chi connectivity index (χ1v) is 11.0. The molecule has 14 heteroatoms. The quantitative estimate of drug-likeness (QED) is 0.401. The van der Waals surface area contributed by atoms with Gasteiger partial charge in [0.15, 0.2) is 0 Å². The molecule has 0 unspecified atom stereocenters. The van der Waals surface area contributed by atoms with E-state index in [2.05, 4.69) is 25.7 Å². The molecule has 0 bridgehead atoms. The topological polar surface area (TPSA) is 102 Å². The molecule has 1 aromatic carbocycles. The number of hydrogen-bond acceptors (Lipinski definition) is 7. The Morgan fingerprint density at radius 3 is 2.75 bits per heavy atom. The van der Waals surface area contributed by atoms with Gasteiger partial charge in [-0.3, -0.25) is 4.79 Å². The third kappa shape index (κ3) is 4.27. The van der Waals surface area contributed by atoms with Crippen molar-refractivity contribution in [3.05, 3.63) is 30.5 Å². The molecule has 1 N–H and O–H groups in total. The van der Waals surface area contributed by atoms with Crippen molar-refractivity contribution < 1.29 is 27.1 Å². The number of methoxy groups -OCH3 is 1. The van der Waals surface area contributed by atoms with Crippen LogP contribution in [-0.2, 0) is 11.3 Å². The molecule has 5 rings (SSSR count). The summed E-state index contributed by atoms with van der Waals surface area (Å²) in [5, 5.41) is 14.7. The van der Waals surface area contributed by atoms with Gasteiger partial charge in [-0.15, -0.1) is 10.2 Å². The van der Waals surface area contributed by atoms with E-state index in [9.17, 15) is 22.4 Å². The van der Waals surface area contributed by atoms with Crippen LogP contribution in [0.15, 0.2) is 30.5 Å². The minimum Gasteiger partial charge on any atom is -0.479 e. The number of likely N-dealkylation sites (tertiary alicyclic amines) is 1. The van der Waals surface area contributed by atoms with Crippen molar-refractivity contribution in [2.75, 3.05) is 25.5 Å². The zero-order chi connectivity index (χ0) is 25.8. The first-order chi connectivity index (χ1) is 16.9. The fourth-order valence-corrected chi connectivity index (χ4v) is 4.27. The van der Waals surface area contributed by atoms with Crippen molar-refractivity contribution >= 4 is 28.4 Å². The van der Waals surface area contributed by atoms with E-state index < -0.39 is 36.9 Å². The summed E-state index contributed by atoms with van der Waals surface area (Å²) in [6.45, 7) is 0.530. The number of nitrogens with zero attached hydrogens (tertiary/aromatic N) is 7. The predicted octanol–water partition coefficient (Wildman–Crippen LogP) is 3.08. The molecule has 190 valence electrons. The van der Waals surface area contributed by atoms with Crippen molar-refractivity contribution in [3.63, 3.8) is 0 Å². The number of nitrogens with one attached hydrogen (secondary N) is 1. The third-order valence-electron chi connectivity index (χ3n) is 5.99. The number of benzene rings is 1. The summed E-state index contributed by atoms with van der Waals surface area (Å²) in [7, 11) is 1.38. The van der Waals surface area contributed by atoms with Crippen LogP contribution in [0, 0.1) is 0 Å². The maximum atomic E-state index is 14.5. The summed E-state index contributed by atoms with van der Waals surface area (Å²) in [6, 6.07) is 5.45. The van der Waals surface area contributed by atoms with Crippen LogP contribution in [0.2, 0.25) is 0 Å². The van der Waals surface area contributed by atoms with Crippen LogP contribution in [0.25, 0.3) is 27.7 Å². The lowest BCUT2D eigenvalue weighted by molar-refractivity contribution is -0.129. The summed E-state index contributed by atoms with van der Waals surface area (Å²) in [4.78, 5) is 16.9. The molecule has 4 aromatic rings. The Hall–Kier alpha value is -3.97. The van der Waals surface area contributed by atoms with Crippen molar-refractivity contribution in [2.45, 2.75) is 38.3 Å². The first kappa shape index (κ1) is 23.8. The number of halogens is 4. The van der Waals surface area contributed by atoms with Gasteiger partial charge in [0.05, 0.1) is 19.2 Å². The zero-order valence-electron chi connectivity index (χ0n) is 19.5. The molecule has 4 heterocycles. The van der Waals surface area contributed by atoms with Crippen LogP contribution >= 0.6 is 0 Å². The largest absolute Gasteiger partial charge is 0.479 e. The number of hydrogen-bond donors (Lipinski definition) is 1. The van der Waals surface area contributed by atoms with E-state index in [-0.39, 0.29) is 18.4 Å². The second-order valence-electron chi connectivity index (χ2n) is 8.85. The molecule has 1 amide bonds. The maximum absolute atomic E-state index is 14.5. The number of ether oxygens (including phenoxy) is 1. The van der Waals surface area contributed by atoms with E-state index in [1.54, 1.807) is 30.5 Å². The number of anilines is 1. The molecule has 0 spiro atoms. The number of carbonyl (C=O) groups is 1. The third-order valence-corrected chi connectivity index (χ3v) is 5.99.